The molecule has 1 aliphatic rings. The molecule has 2 aromatic carbocycles. The fourth-order valence-electron chi connectivity index (χ4n) is 2.90. The van der Waals surface area contributed by atoms with Crippen LogP contribution in [0.1, 0.15) is 21.5 Å². The first-order valence-electron chi connectivity index (χ1n) is 7.93. The molecule has 2 heterocycles. The lowest BCUT2D eigenvalue weighted by Gasteiger charge is -2.20. The van der Waals surface area contributed by atoms with E-state index in [1.54, 1.807) is 18.3 Å². The predicted molar refractivity (Wildman–Crippen MR) is 96.6 cm³/mol. The van der Waals surface area contributed by atoms with E-state index >= 15 is 0 Å². The molecule has 0 unspecified atom stereocenters. The molecule has 0 spiro atoms. The molecule has 1 N–H and O–H groups in total. The van der Waals surface area contributed by atoms with Crippen LogP contribution in [0.5, 0.6) is 5.75 Å². The van der Waals surface area contributed by atoms with Crippen molar-refractivity contribution in [2.24, 2.45) is 0 Å². The molecule has 0 bridgehead atoms. The topological polar surface area (TPSA) is 51.2 Å². The zero-order valence-electron chi connectivity index (χ0n) is 13.3. The van der Waals surface area contributed by atoms with E-state index in [4.69, 9.17) is 16.3 Å². The van der Waals surface area contributed by atoms with Crippen molar-refractivity contribution in [3.05, 3.63) is 82.6 Å². The Labute approximate surface area is 150 Å². The minimum absolute atomic E-state index is 0.146. The Balaban J connectivity index is 1.53. The average Bonchev–Trinajstić information content (AvgIpc) is 2.65. The van der Waals surface area contributed by atoms with E-state index in [0.717, 1.165) is 22.3 Å². The molecule has 3 aromatic rings. The number of hydrogen-bond donors (Lipinski definition) is 1. The van der Waals surface area contributed by atoms with Gasteiger partial charge in [0.05, 0.1) is 0 Å². The van der Waals surface area contributed by atoms with Crippen LogP contribution >= 0.6 is 11.6 Å². The Morgan fingerprint density at radius 3 is 2.96 bits per heavy atom. The average molecular weight is 351 g/mol. The second kappa shape index (κ2) is 6.57. The normalized spacial score (nSPS) is 11.9. The molecule has 25 heavy (non-hydrogen) atoms. The molecule has 0 radical (unpaired) electrons. The van der Waals surface area contributed by atoms with E-state index in [1.807, 2.05) is 42.6 Å². The van der Waals surface area contributed by atoms with Crippen molar-refractivity contribution in [1.29, 1.82) is 0 Å². The lowest BCUT2D eigenvalue weighted by Crippen LogP contribution is -2.23. The van der Waals surface area contributed by atoms with Crippen LogP contribution in [0.4, 0.5) is 0 Å². The van der Waals surface area contributed by atoms with Crippen LogP contribution in [0.2, 0.25) is 5.02 Å². The molecule has 0 atom stereocenters. The van der Waals surface area contributed by atoms with E-state index in [2.05, 4.69) is 10.3 Å². The molecular formula is C20H15ClN2O2. The number of amides is 1. The molecule has 0 saturated heterocycles. The number of nitrogens with one attached hydrogen (secondary N) is 1. The smallest absolute Gasteiger partial charge is 0.251 e. The number of hydrogen-bond acceptors (Lipinski definition) is 3. The third kappa shape index (κ3) is 3.21. The van der Waals surface area contributed by atoms with Gasteiger partial charge in [0.25, 0.3) is 5.91 Å². The van der Waals surface area contributed by atoms with Gasteiger partial charge in [-0.25, -0.2) is 0 Å². The van der Waals surface area contributed by atoms with Gasteiger partial charge in [-0.1, -0.05) is 23.7 Å². The molecule has 124 valence electrons. The summed E-state index contributed by atoms with van der Waals surface area (Å²) in [5, 5.41) is 3.56. The number of benzene rings is 2. The van der Waals surface area contributed by atoms with Gasteiger partial charge in [-0.05, 0) is 47.5 Å². The van der Waals surface area contributed by atoms with Gasteiger partial charge in [0, 0.05) is 40.7 Å². The number of fused-ring (bicyclic) bond motifs is 3. The van der Waals surface area contributed by atoms with Gasteiger partial charge in [0.1, 0.15) is 12.4 Å². The standard InChI is InChI=1S/C20H15ClN2O2/c21-16-3-1-2-13(8-16)10-23-20(24)14-4-5-18-17-6-7-22-11-15(17)12-25-19(18)9-14/h1-9,11H,10,12H2,(H,23,24). The zero-order valence-corrected chi connectivity index (χ0v) is 14.1. The number of carbonyl (C=O) groups is 1. The van der Waals surface area contributed by atoms with Crippen LogP contribution in [0.25, 0.3) is 11.1 Å². The molecule has 0 saturated carbocycles. The minimum atomic E-state index is -0.146. The Hall–Kier alpha value is -2.85. The summed E-state index contributed by atoms with van der Waals surface area (Å²) in [5.74, 6) is 0.570. The number of nitrogens with zero attached hydrogens (tertiary/aromatic N) is 1. The first-order valence-corrected chi connectivity index (χ1v) is 8.31. The van der Waals surface area contributed by atoms with E-state index in [0.29, 0.717) is 29.5 Å². The molecule has 1 aromatic heterocycles. The third-order valence-electron chi connectivity index (χ3n) is 4.16. The van der Waals surface area contributed by atoms with E-state index < -0.39 is 0 Å². The van der Waals surface area contributed by atoms with E-state index in [1.165, 1.54) is 0 Å². The Bertz CT molecular complexity index is 956. The molecule has 0 aliphatic carbocycles. The highest BCUT2D eigenvalue weighted by Gasteiger charge is 2.18. The second-order valence-electron chi connectivity index (χ2n) is 5.85. The van der Waals surface area contributed by atoms with Crippen molar-refractivity contribution < 1.29 is 9.53 Å². The molecule has 0 fully saturated rings. The molecule has 5 heteroatoms. The van der Waals surface area contributed by atoms with Gasteiger partial charge in [-0.2, -0.15) is 0 Å². The summed E-state index contributed by atoms with van der Waals surface area (Å²) in [6, 6.07) is 14.9. The third-order valence-corrected chi connectivity index (χ3v) is 4.40. The minimum Gasteiger partial charge on any atom is -0.488 e. The lowest BCUT2D eigenvalue weighted by atomic mass is 9.97. The largest absolute Gasteiger partial charge is 0.488 e. The SMILES string of the molecule is O=C(NCc1cccc(Cl)c1)c1ccc2c(c1)OCc1cnccc1-2. The molecular weight excluding hydrogens is 336 g/mol. The summed E-state index contributed by atoms with van der Waals surface area (Å²) in [5.41, 5.74) is 4.65. The summed E-state index contributed by atoms with van der Waals surface area (Å²) in [6.07, 6.45) is 3.57. The maximum absolute atomic E-state index is 12.4. The second-order valence-corrected chi connectivity index (χ2v) is 6.28. The number of pyridine rings is 1. The number of ether oxygens (including phenoxy) is 1. The zero-order chi connectivity index (χ0) is 17.2. The van der Waals surface area contributed by atoms with Crippen molar-refractivity contribution in [3.8, 4) is 16.9 Å². The van der Waals surface area contributed by atoms with Crippen molar-refractivity contribution >= 4 is 17.5 Å². The highest BCUT2D eigenvalue weighted by Crippen LogP contribution is 2.37. The lowest BCUT2D eigenvalue weighted by molar-refractivity contribution is 0.0950. The Morgan fingerprint density at radius 1 is 1.16 bits per heavy atom. The first kappa shape index (κ1) is 15.7. The molecule has 1 aliphatic heterocycles. The summed E-state index contributed by atoms with van der Waals surface area (Å²) in [7, 11) is 0. The van der Waals surface area contributed by atoms with E-state index in [9.17, 15) is 4.79 Å². The van der Waals surface area contributed by atoms with Gasteiger partial charge >= 0.3 is 0 Å². The number of halogens is 1. The highest BCUT2D eigenvalue weighted by atomic mass is 35.5. The van der Waals surface area contributed by atoms with Crippen molar-refractivity contribution in [2.75, 3.05) is 0 Å². The van der Waals surface area contributed by atoms with E-state index in [-0.39, 0.29) is 5.91 Å². The number of carbonyl (C=O) groups excluding carboxylic acids is 1. The van der Waals surface area contributed by atoms with Gasteiger partial charge in [-0.15, -0.1) is 0 Å². The van der Waals surface area contributed by atoms with Crippen LogP contribution in [0, 0.1) is 0 Å². The Kier molecular flexibility index (Phi) is 4.12. The number of rotatable bonds is 3. The fourth-order valence-corrected chi connectivity index (χ4v) is 3.11. The van der Waals surface area contributed by atoms with Gasteiger partial charge in [0.2, 0.25) is 0 Å². The van der Waals surface area contributed by atoms with Crippen molar-refractivity contribution in [2.45, 2.75) is 13.2 Å². The highest BCUT2D eigenvalue weighted by molar-refractivity contribution is 6.30. The van der Waals surface area contributed by atoms with Crippen LogP contribution in [0.3, 0.4) is 0 Å². The summed E-state index contributed by atoms with van der Waals surface area (Å²) in [6.45, 7) is 0.885. The maximum atomic E-state index is 12.4. The monoisotopic (exact) mass is 350 g/mol. The first-order chi connectivity index (χ1) is 12.2. The molecule has 4 rings (SSSR count). The van der Waals surface area contributed by atoms with Crippen molar-refractivity contribution in [1.82, 2.24) is 10.3 Å². The van der Waals surface area contributed by atoms with Gasteiger partial charge < -0.3 is 10.1 Å². The summed E-state index contributed by atoms with van der Waals surface area (Å²) < 4.78 is 5.78. The summed E-state index contributed by atoms with van der Waals surface area (Å²) >= 11 is 5.96. The maximum Gasteiger partial charge on any atom is 0.251 e. The van der Waals surface area contributed by atoms with Crippen LogP contribution in [0.15, 0.2) is 60.9 Å². The Morgan fingerprint density at radius 2 is 2.08 bits per heavy atom. The molecule has 1 amide bonds. The number of aromatic nitrogens is 1. The van der Waals surface area contributed by atoms with Gasteiger partial charge in [-0.3, -0.25) is 9.78 Å². The fraction of sp³-hybridized carbons (Fsp3) is 0.100. The molecule has 4 nitrogen and oxygen atoms in total. The summed E-state index contributed by atoms with van der Waals surface area (Å²) in [4.78, 5) is 16.5. The van der Waals surface area contributed by atoms with Gasteiger partial charge in [0.15, 0.2) is 0 Å². The quantitative estimate of drug-likeness (QED) is 0.769. The van der Waals surface area contributed by atoms with Crippen LogP contribution < -0.4 is 10.1 Å². The van der Waals surface area contributed by atoms with Crippen molar-refractivity contribution in [3.63, 3.8) is 0 Å². The van der Waals surface area contributed by atoms with Crippen LogP contribution in [-0.4, -0.2) is 10.9 Å². The van der Waals surface area contributed by atoms with Crippen LogP contribution in [-0.2, 0) is 13.2 Å². The predicted octanol–water partition coefficient (Wildman–Crippen LogP) is 4.22.